The molecule has 1 aliphatic carbocycles. The Morgan fingerprint density at radius 1 is 1.39 bits per heavy atom. The average Bonchev–Trinajstić information content (AvgIpc) is 2.95. The summed E-state index contributed by atoms with van der Waals surface area (Å²) in [7, 11) is 0. The maximum Gasteiger partial charge on any atom is 0.326 e. The van der Waals surface area contributed by atoms with Crippen molar-refractivity contribution in [2.45, 2.75) is 58.5 Å². The Morgan fingerprint density at radius 3 is 2.56 bits per heavy atom. The number of urea groups is 1. The molecule has 1 saturated carbocycles. The van der Waals surface area contributed by atoms with Crippen molar-refractivity contribution in [2.24, 2.45) is 11.8 Å². The first kappa shape index (κ1) is 14.8. The summed E-state index contributed by atoms with van der Waals surface area (Å²) >= 11 is 0. The summed E-state index contributed by atoms with van der Waals surface area (Å²) in [4.78, 5) is 22.7. The molecule has 1 aliphatic rings. The number of carboxylic acid groups (broad SMARTS) is 1. The van der Waals surface area contributed by atoms with Crippen LogP contribution in [0.3, 0.4) is 0 Å². The van der Waals surface area contributed by atoms with Crippen LogP contribution in [0, 0.1) is 11.8 Å². The number of nitrogens with one attached hydrogen (secondary N) is 2. The van der Waals surface area contributed by atoms with E-state index in [0.717, 1.165) is 19.3 Å². The van der Waals surface area contributed by atoms with Crippen LogP contribution in [0.4, 0.5) is 4.79 Å². The highest BCUT2D eigenvalue weighted by atomic mass is 16.4. The van der Waals surface area contributed by atoms with Gasteiger partial charge in [0.15, 0.2) is 0 Å². The van der Waals surface area contributed by atoms with Crippen LogP contribution < -0.4 is 10.6 Å². The van der Waals surface area contributed by atoms with Crippen molar-refractivity contribution in [3.63, 3.8) is 0 Å². The van der Waals surface area contributed by atoms with E-state index in [-0.39, 0.29) is 18.0 Å². The molecule has 0 aliphatic heterocycles. The predicted octanol–water partition coefficient (Wildman–Crippen LogP) is 1.97. The minimum Gasteiger partial charge on any atom is -0.480 e. The summed E-state index contributed by atoms with van der Waals surface area (Å²) in [5, 5.41) is 14.4. The van der Waals surface area contributed by atoms with Crippen LogP contribution in [-0.4, -0.2) is 29.2 Å². The fourth-order valence-corrected chi connectivity index (χ4v) is 2.18. The summed E-state index contributed by atoms with van der Waals surface area (Å²) < 4.78 is 0. The zero-order chi connectivity index (χ0) is 13.7. The highest BCUT2D eigenvalue weighted by Gasteiger charge is 2.37. The maximum atomic E-state index is 11.7. The van der Waals surface area contributed by atoms with Crippen molar-refractivity contribution in [1.29, 1.82) is 0 Å². The van der Waals surface area contributed by atoms with Gasteiger partial charge in [-0.05, 0) is 31.1 Å². The van der Waals surface area contributed by atoms with Gasteiger partial charge in [-0.2, -0.15) is 0 Å². The van der Waals surface area contributed by atoms with Crippen LogP contribution in [0.25, 0.3) is 0 Å². The van der Waals surface area contributed by atoms with Crippen LogP contribution in [0.15, 0.2) is 0 Å². The number of aliphatic carboxylic acids is 1. The third-order valence-corrected chi connectivity index (χ3v) is 3.21. The van der Waals surface area contributed by atoms with Crippen LogP contribution in [0.2, 0.25) is 0 Å². The zero-order valence-corrected chi connectivity index (χ0v) is 11.4. The van der Waals surface area contributed by atoms with Gasteiger partial charge in [-0.1, -0.05) is 27.2 Å². The summed E-state index contributed by atoms with van der Waals surface area (Å²) in [5.41, 5.74) is 0. The predicted molar refractivity (Wildman–Crippen MR) is 69.3 cm³/mol. The van der Waals surface area contributed by atoms with Crippen molar-refractivity contribution in [3.05, 3.63) is 0 Å². The quantitative estimate of drug-likeness (QED) is 0.651. The first-order valence-corrected chi connectivity index (χ1v) is 6.73. The van der Waals surface area contributed by atoms with E-state index < -0.39 is 12.0 Å². The number of carbonyl (C=O) groups is 2. The van der Waals surface area contributed by atoms with Gasteiger partial charge in [0.1, 0.15) is 6.04 Å². The van der Waals surface area contributed by atoms with E-state index in [4.69, 9.17) is 5.11 Å². The topological polar surface area (TPSA) is 78.4 Å². The average molecular weight is 256 g/mol. The summed E-state index contributed by atoms with van der Waals surface area (Å²) in [5.74, 6) is -0.158. The molecule has 3 N–H and O–H groups in total. The second kappa shape index (κ2) is 6.61. The maximum absolute atomic E-state index is 11.7. The second-order valence-corrected chi connectivity index (χ2v) is 5.53. The van der Waals surface area contributed by atoms with Crippen molar-refractivity contribution in [3.8, 4) is 0 Å². The highest BCUT2D eigenvalue weighted by Crippen LogP contribution is 2.34. The molecular formula is C13H24N2O3. The van der Waals surface area contributed by atoms with Gasteiger partial charge in [0.25, 0.3) is 0 Å². The van der Waals surface area contributed by atoms with E-state index in [0.29, 0.717) is 12.3 Å². The Balaban J connectivity index is 2.31. The number of carbonyl (C=O) groups excluding carboxylic acids is 1. The molecule has 0 radical (unpaired) electrons. The Kier molecular flexibility index (Phi) is 5.44. The molecule has 0 saturated heterocycles. The number of carboxylic acids is 1. The summed E-state index contributed by atoms with van der Waals surface area (Å²) in [6.07, 6.45) is 3.71. The standard InChI is InChI=1S/C13H24N2O3/c1-4-5-9-7-10(9)14-13(18)15-11(12(16)17)6-8(2)3/h8-11H,4-7H2,1-3H3,(H,16,17)(H2,14,15,18)/t9?,10?,11-/m1/s1. The molecular weight excluding hydrogens is 232 g/mol. The Hall–Kier alpha value is -1.26. The van der Waals surface area contributed by atoms with Gasteiger partial charge in [-0.25, -0.2) is 9.59 Å². The van der Waals surface area contributed by atoms with E-state index in [2.05, 4.69) is 17.6 Å². The van der Waals surface area contributed by atoms with Crippen molar-refractivity contribution < 1.29 is 14.7 Å². The molecule has 18 heavy (non-hydrogen) atoms. The lowest BCUT2D eigenvalue weighted by molar-refractivity contribution is -0.139. The molecule has 0 heterocycles. The molecule has 2 unspecified atom stereocenters. The molecule has 0 aromatic heterocycles. The van der Waals surface area contributed by atoms with E-state index in [1.807, 2.05) is 13.8 Å². The molecule has 0 aromatic rings. The van der Waals surface area contributed by atoms with Crippen LogP contribution in [0.5, 0.6) is 0 Å². The molecule has 104 valence electrons. The first-order chi connectivity index (χ1) is 8.43. The minimum atomic E-state index is -0.972. The van der Waals surface area contributed by atoms with Gasteiger partial charge in [-0.3, -0.25) is 0 Å². The van der Waals surface area contributed by atoms with E-state index >= 15 is 0 Å². The fourth-order valence-electron chi connectivity index (χ4n) is 2.18. The van der Waals surface area contributed by atoms with E-state index in [9.17, 15) is 9.59 Å². The molecule has 1 fully saturated rings. The van der Waals surface area contributed by atoms with E-state index in [1.165, 1.54) is 0 Å². The highest BCUT2D eigenvalue weighted by molar-refractivity contribution is 5.82. The van der Waals surface area contributed by atoms with Crippen molar-refractivity contribution in [1.82, 2.24) is 10.6 Å². The third kappa shape index (κ3) is 4.94. The first-order valence-electron chi connectivity index (χ1n) is 6.73. The number of amides is 2. The van der Waals surface area contributed by atoms with Crippen molar-refractivity contribution >= 4 is 12.0 Å². The second-order valence-electron chi connectivity index (χ2n) is 5.53. The number of hydrogen-bond donors (Lipinski definition) is 3. The Morgan fingerprint density at radius 2 is 2.06 bits per heavy atom. The molecule has 3 atom stereocenters. The molecule has 5 heteroatoms. The normalized spacial score (nSPS) is 23.6. The van der Waals surface area contributed by atoms with Gasteiger partial charge in [0.05, 0.1) is 0 Å². The molecule has 5 nitrogen and oxygen atoms in total. The third-order valence-electron chi connectivity index (χ3n) is 3.21. The number of rotatable bonds is 7. The largest absolute Gasteiger partial charge is 0.480 e. The van der Waals surface area contributed by atoms with Gasteiger partial charge in [-0.15, -0.1) is 0 Å². The van der Waals surface area contributed by atoms with Gasteiger partial charge < -0.3 is 15.7 Å². The van der Waals surface area contributed by atoms with Gasteiger partial charge >= 0.3 is 12.0 Å². The molecule has 0 bridgehead atoms. The minimum absolute atomic E-state index is 0.235. The summed E-state index contributed by atoms with van der Waals surface area (Å²) in [6, 6.07) is -0.918. The molecule has 1 rings (SSSR count). The zero-order valence-electron chi connectivity index (χ0n) is 11.4. The lowest BCUT2D eigenvalue weighted by atomic mass is 10.0. The Labute approximate surface area is 108 Å². The monoisotopic (exact) mass is 256 g/mol. The van der Waals surface area contributed by atoms with Crippen molar-refractivity contribution in [2.75, 3.05) is 0 Å². The fraction of sp³-hybridized carbons (Fsp3) is 0.846. The number of hydrogen-bond acceptors (Lipinski definition) is 2. The Bertz CT molecular complexity index is 305. The van der Waals surface area contributed by atoms with Crippen LogP contribution in [0.1, 0.15) is 46.5 Å². The van der Waals surface area contributed by atoms with Gasteiger partial charge in [0, 0.05) is 6.04 Å². The molecule has 2 amide bonds. The van der Waals surface area contributed by atoms with E-state index in [1.54, 1.807) is 0 Å². The van der Waals surface area contributed by atoms with Gasteiger partial charge in [0.2, 0.25) is 0 Å². The lowest BCUT2D eigenvalue weighted by Crippen LogP contribution is -2.47. The van der Waals surface area contributed by atoms with Crippen LogP contribution in [-0.2, 0) is 4.79 Å². The smallest absolute Gasteiger partial charge is 0.326 e. The molecule has 0 spiro atoms. The SMILES string of the molecule is CCCC1CC1NC(=O)N[C@H](CC(C)C)C(=O)O. The van der Waals surface area contributed by atoms with Crippen LogP contribution >= 0.6 is 0 Å². The molecule has 0 aromatic carbocycles. The summed E-state index contributed by atoms with van der Waals surface area (Å²) in [6.45, 7) is 6.00. The lowest BCUT2D eigenvalue weighted by Gasteiger charge is -2.16.